The van der Waals surface area contributed by atoms with Gasteiger partial charge in [-0.25, -0.2) is 4.72 Å². The van der Waals surface area contributed by atoms with E-state index in [4.69, 9.17) is 0 Å². The van der Waals surface area contributed by atoms with Crippen molar-refractivity contribution in [1.82, 2.24) is 9.44 Å². The molecule has 0 spiro atoms. The number of hydrogen-bond donors (Lipinski definition) is 2. The summed E-state index contributed by atoms with van der Waals surface area (Å²) in [4.78, 5) is 0. The molecular formula is C7H16N2O2S. The fourth-order valence-electron chi connectivity index (χ4n) is 0.647. The molecule has 4 nitrogen and oxygen atoms in total. The van der Waals surface area contributed by atoms with Crippen molar-refractivity contribution in [3.63, 3.8) is 0 Å². The standard InChI is InChI=1S/C7H16N2O2S/c1-4-5-6-8-12(10,11)9-7(2)3/h4,7-9H,1,5-6H2,2-3H3. The fourth-order valence-corrected chi connectivity index (χ4v) is 1.74. The van der Waals surface area contributed by atoms with Crippen molar-refractivity contribution < 1.29 is 8.42 Å². The average Bonchev–Trinajstić information content (AvgIpc) is 1.84. The quantitative estimate of drug-likeness (QED) is 0.472. The Balaban J connectivity index is 3.80. The Morgan fingerprint density at radius 3 is 2.50 bits per heavy atom. The summed E-state index contributed by atoms with van der Waals surface area (Å²) in [6, 6.07) is -0.0776. The smallest absolute Gasteiger partial charge is 0.202 e. The Morgan fingerprint density at radius 2 is 2.08 bits per heavy atom. The first-order chi connectivity index (χ1) is 5.48. The second-order valence-electron chi connectivity index (χ2n) is 2.75. The summed E-state index contributed by atoms with van der Waals surface area (Å²) in [5.41, 5.74) is 0. The zero-order chi connectivity index (χ0) is 9.61. The SMILES string of the molecule is C=CCCNS(=O)(=O)NC(C)C. The first kappa shape index (κ1) is 11.6. The predicted molar refractivity (Wildman–Crippen MR) is 50.0 cm³/mol. The van der Waals surface area contributed by atoms with E-state index in [-0.39, 0.29) is 6.04 Å². The summed E-state index contributed by atoms with van der Waals surface area (Å²) in [7, 11) is -3.30. The van der Waals surface area contributed by atoms with Gasteiger partial charge in [0.25, 0.3) is 10.2 Å². The first-order valence-corrected chi connectivity index (χ1v) is 5.34. The molecule has 0 aromatic rings. The second kappa shape index (κ2) is 5.29. The van der Waals surface area contributed by atoms with Crippen LogP contribution in [0.25, 0.3) is 0 Å². The van der Waals surface area contributed by atoms with Crippen molar-refractivity contribution in [2.45, 2.75) is 26.3 Å². The normalized spacial score (nSPS) is 11.9. The molecule has 0 saturated carbocycles. The summed E-state index contributed by atoms with van der Waals surface area (Å²) in [5, 5.41) is 0. The molecule has 0 bridgehead atoms. The minimum absolute atomic E-state index is 0.0776. The predicted octanol–water partition coefficient (Wildman–Crippen LogP) is 0.395. The van der Waals surface area contributed by atoms with Crippen molar-refractivity contribution in [1.29, 1.82) is 0 Å². The van der Waals surface area contributed by atoms with Gasteiger partial charge in [-0.15, -0.1) is 6.58 Å². The molecule has 0 aromatic heterocycles. The van der Waals surface area contributed by atoms with Gasteiger partial charge in [0.05, 0.1) is 0 Å². The van der Waals surface area contributed by atoms with Gasteiger partial charge >= 0.3 is 0 Å². The summed E-state index contributed by atoms with van der Waals surface area (Å²) in [6.07, 6.45) is 2.30. The van der Waals surface area contributed by atoms with Gasteiger partial charge in [0.1, 0.15) is 0 Å². The summed E-state index contributed by atoms with van der Waals surface area (Å²) in [5.74, 6) is 0. The molecule has 0 saturated heterocycles. The van der Waals surface area contributed by atoms with Crippen LogP contribution >= 0.6 is 0 Å². The van der Waals surface area contributed by atoms with E-state index in [1.807, 2.05) is 0 Å². The molecule has 0 aromatic carbocycles. The van der Waals surface area contributed by atoms with Crippen LogP contribution in [-0.4, -0.2) is 21.0 Å². The second-order valence-corrected chi connectivity index (χ2v) is 4.28. The van der Waals surface area contributed by atoms with E-state index in [0.717, 1.165) is 0 Å². The highest BCUT2D eigenvalue weighted by molar-refractivity contribution is 7.87. The van der Waals surface area contributed by atoms with Gasteiger partial charge < -0.3 is 0 Å². The zero-order valence-corrected chi connectivity index (χ0v) is 8.32. The van der Waals surface area contributed by atoms with Gasteiger partial charge in [-0.3, -0.25) is 0 Å². The van der Waals surface area contributed by atoms with E-state index < -0.39 is 10.2 Å². The molecule has 2 N–H and O–H groups in total. The van der Waals surface area contributed by atoms with Gasteiger partial charge in [0.15, 0.2) is 0 Å². The van der Waals surface area contributed by atoms with E-state index >= 15 is 0 Å². The Bertz CT molecular complexity index is 222. The Morgan fingerprint density at radius 1 is 1.50 bits per heavy atom. The van der Waals surface area contributed by atoms with Gasteiger partial charge in [-0.2, -0.15) is 13.1 Å². The molecule has 0 atom stereocenters. The van der Waals surface area contributed by atoms with Crippen LogP contribution < -0.4 is 9.44 Å². The maximum Gasteiger partial charge on any atom is 0.277 e. The Kier molecular flexibility index (Phi) is 5.12. The maximum absolute atomic E-state index is 11.1. The number of rotatable bonds is 6. The van der Waals surface area contributed by atoms with Crippen LogP contribution in [0.2, 0.25) is 0 Å². The maximum atomic E-state index is 11.1. The summed E-state index contributed by atoms with van der Waals surface area (Å²) < 4.78 is 26.9. The lowest BCUT2D eigenvalue weighted by Gasteiger charge is -2.09. The molecule has 0 aliphatic heterocycles. The van der Waals surface area contributed by atoms with Crippen molar-refractivity contribution in [2.24, 2.45) is 0 Å². The van der Waals surface area contributed by atoms with Crippen LogP contribution in [0.3, 0.4) is 0 Å². The van der Waals surface area contributed by atoms with Crippen LogP contribution in [-0.2, 0) is 10.2 Å². The molecule has 0 fully saturated rings. The lowest BCUT2D eigenvalue weighted by molar-refractivity contribution is 0.555. The van der Waals surface area contributed by atoms with Crippen LogP contribution in [0.5, 0.6) is 0 Å². The molecule has 72 valence electrons. The molecule has 0 aliphatic carbocycles. The van der Waals surface area contributed by atoms with Crippen LogP contribution in [0.1, 0.15) is 20.3 Å². The zero-order valence-electron chi connectivity index (χ0n) is 7.50. The van der Waals surface area contributed by atoms with Crippen molar-refractivity contribution in [2.75, 3.05) is 6.54 Å². The molecular weight excluding hydrogens is 176 g/mol. The molecule has 12 heavy (non-hydrogen) atoms. The van der Waals surface area contributed by atoms with E-state index in [0.29, 0.717) is 13.0 Å². The van der Waals surface area contributed by atoms with Crippen LogP contribution in [0.15, 0.2) is 12.7 Å². The van der Waals surface area contributed by atoms with Crippen LogP contribution in [0, 0.1) is 0 Å². The Hall–Kier alpha value is -0.390. The third-order valence-corrected chi connectivity index (χ3v) is 2.40. The molecule has 0 amide bonds. The Labute approximate surface area is 74.2 Å². The van der Waals surface area contributed by atoms with Gasteiger partial charge in [-0.1, -0.05) is 6.08 Å². The highest BCUT2D eigenvalue weighted by Crippen LogP contribution is 1.84. The molecule has 0 heterocycles. The highest BCUT2D eigenvalue weighted by Gasteiger charge is 2.08. The monoisotopic (exact) mass is 192 g/mol. The van der Waals surface area contributed by atoms with Crippen molar-refractivity contribution in [3.8, 4) is 0 Å². The van der Waals surface area contributed by atoms with E-state index in [1.54, 1.807) is 19.9 Å². The van der Waals surface area contributed by atoms with Gasteiger partial charge in [-0.05, 0) is 20.3 Å². The summed E-state index contributed by atoms with van der Waals surface area (Å²) >= 11 is 0. The third-order valence-electron chi connectivity index (χ3n) is 1.03. The first-order valence-electron chi connectivity index (χ1n) is 3.86. The third kappa shape index (κ3) is 6.33. The van der Waals surface area contributed by atoms with Crippen molar-refractivity contribution >= 4 is 10.2 Å². The van der Waals surface area contributed by atoms with Crippen molar-refractivity contribution in [3.05, 3.63) is 12.7 Å². The van der Waals surface area contributed by atoms with Gasteiger partial charge in [0.2, 0.25) is 0 Å². The largest absolute Gasteiger partial charge is 0.277 e. The molecule has 0 radical (unpaired) electrons. The molecule has 0 unspecified atom stereocenters. The minimum Gasteiger partial charge on any atom is -0.202 e. The van der Waals surface area contributed by atoms with E-state index in [9.17, 15) is 8.42 Å². The fraction of sp³-hybridized carbons (Fsp3) is 0.714. The average molecular weight is 192 g/mol. The number of nitrogens with one attached hydrogen (secondary N) is 2. The molecule has 0 aliphatic rings. The summed E-state index contributed by atoms with van der Waals surface area (Å²) in [6.45, 7) is 7.42. The van der Waals surface area contributed by atoms with Crippen LogP contribution in [0.4, 0.5) is 0 Å². The molecule has 0 rings (SSSR count). The highest BCUT2D eigenvalue weighted by atomic mass is 32.2. The lowest BCUT2D eigenvalue weighted by atomic mass is 10.4. The molecule has 5 heteroatoms. The van der Waals surface area contributed by atoms with Gasteiger partial charge in [0, 0.05) is 12.6 Å². The lowest BCUT2D eigenvalue weighted by Crippen LogP contribution is -2.40. The van der Waals surface area contributed by atoms with E-state index in [2.05, 4.69) is 16.0 Å². The topological polar surface area (TPSA) is 58.2 Å². The number of hydrogen-bond acceptors (Lipinski definition) is 2. The minimum atomic E-state index is -3.30. The van der Waals surface area contributed by atoms with E-state index in [1.165, 1.54) is 0 Å².